The fourth-order valence-electron chi connectivity index (χ4n) is 5.91. The van der Waals surface area contributed by atoms with E-state index in [2.05, 4.69) is 26.0 Å². The fourth-order valence-corrected chi connectivity index (χ4v) is 5.91. The molecule has 0 aromatic rings. The Morgan fingerprint density at radius 3 is 2.83 bits per heavy atom. The second-order valence-corrected chi connectivity index (χ2v) is 8.26. The predicted molar refractivity (Wildman–Crippen MR) is 93.3 cm³/mol. The Hall–Kier alpha value is -1.61. The van der Waals surface area contributed by atoms with E-state index in [9.17, 15) is 15.0 Å². The van der Waals surface area contributed by atoms with Crippen LogP contribution in [0.25, 0.3) is 0 Å². The average Bonchev–Trinajstić information content (AvgIpc) is 2.92. The molecule has 2 saturated carbocycles. The molecule has 0 amide bonds. The topological polar surface area (TPSA) is 57.5 Å². The van der Waals surface area contributed by atoms with Crippen LogP contribution >= 0.6 is 0 Å². The molecule has 2 fully saturated rings. The molecule has 0 spiro atoms. The number of carbonyl (C=O) groups excluding carboxylic acids is 1. The highest BCUT2D eigenvalue weighted by atomic mass is 16.3. The van der Waals surface area contributed by atoms with Gasteiger partial charge < -0.3 is 10.2 Å². The van der Waals surface area contributed by atoms with E-state index in [1.54, 1.807) is 6.08 Å². The third-order valence-corrected chi connectivity index (χ3v) is 7.23. The van der Waals surface area contributed by atoms with E-state index in [-0.39, 0.29) is 29.0 Å². The molecular formula is C21H26O3. The van der Waals surface area contributed by atoms with E-state index in [1.165, 1.54) is 11.1 Å². The molecule has 0 unspecified atom stereocenters. The molecule has 0 saturated heterocycles. The first kappa shape index (κ1) is 15.9. The maximum atomic E-state index is 11.8. The molecule has 0 aromatic carbocycles. The van der Waals surface area contributed by atoms with E-state index >= 15 is 0 Å². The fraction of sp³-hybridized carbons (Fsp3) is 0.571. The summed E-state index contributed by atoms with van der Waals surface area (Å²) >= 11 is 0. The second-order valence-electron chi connectivity index (χ2n) is 8.26. The minimum atomic E-state index is -0.256. The molecule has 0 radical (unpaired) electrons. The number of rotatable bonds is 1. The third kappa shape index (κ3) is 1.97. The highest BCUT2D eigenvalue weighted by molar-refractivity contribution is 6.01. The quantitative estimate of drug-likeness (QED) is 0.565. The summed E-state index contributed by atoms with van der Waals surface area (Å²) in [5, 5.41) is 19.6. The molecule has 0 aliphatic heterocycles. The van der Waals surface area contributed by atoms with Gasteiger partial charge in [-0.3, -0.25) is 4.79 Å². The van der Waals surface area contributed by atoms with Gasteiger partial charge in [-0.2, -0.15) is 0 Å². The molecule has 3 heteroatoms. The van der Waals surface area contributed by atoms with Crippen LogP contribution in [0.15, 0.2) is 46.8 Å². The van der Waals surface area contributed by atoms with Crippen LogP contribution in [-0.4, -0.2) is 22.6 Å². The van der Waals surface area contributed by atoms with Crippen molar-refractivity contribution in [3.8, 4) is 0 Å². The largest absolute Gasteiger partial charge is 0.510 e. The van der Waals surface area contributed by atoms with Crippen molar-refractivity contribution in [2.75, 3.05) is 6.61 Å². The van der Waals surface area contributed by atoms with Crippen molar-refractivity contribution in [3.63, 3.8) is 0 Å². The summed E-state index contributed by atoms with van der Waals surface area (Å²) in [6.45, 7) is 4.25. The summed E-state index contributed by atoms with van der Waals surface area (Å²) in [6, 6.07) is 0. The summed E-state index contributed by atoms with van der Waals surface area (Å²) in [6.07, 6.45) is 13.0. The van der Waals surface area contributed by atoms with Crippen LogP contribution in [0.2, 0.25) is 0 Å². The lowest BCUT2D eigenvalue weighted by atomic mass is 9.53. The van der Waals surface area contributed by atoms with E-state index in [0.717, 1.165) is 37.7 Å². The van der Waals surface area contributed by atoms with Crippen molar-refractivity contribution in [2.24, 2.45) is 22.7 Å². The first-order chi connectivity index (χ1) is 11.4. The number of hydrogen-bond donors (Lipinski definition) is 2. The summed E-state index contributed by atoms with van der Waals surface area (Å²) in [5.74, 6) is 1.32. The van der Waals surface area contributed by atoms with Crippen molar-refractivity contribution < 1.29 is 15.0 Å². The molecule has 4 aliphatic rings. The summed E-state index contributed by atoms with van der Waals surface area (Å²) < 4.78 is 0. The molecular weight excluding hydrogens is 300 g/mol. The van der Waals surface area contributed by atoms with Gasteiger partial charge in [0.25, 0.3) is 0 Å². The zero-order chi connectivity index (χ0) is 17.1. The number of allylic oxidation sites excluding steroid dienone is 7. The van der Waals surface area contributed by atoms with Crippen molar-refractivity contribution in [1.82, 2.24) is 0 Å². The molecule has 4 aliphatic carbocycles. The number of aliphatic hydroxyl groups is 2. The van der Waals surface area contributed by atoms with E-state index in [4.69, 9.17) is 0 Å². The summed E-state index contributed by atoms with van der Waals surface area (Å²) in [5.41, 5.74) is 3.64. The van der Waals surface area contributed by atoms with E-state index in [1.807, 2.05) is 6.08 Å². The van der Waals surface area contributed by atoms with Gasteiger partial charge in [-0.05, 0) is 74.0 Å². The Morgan fingerprint density at radius 1 is 1.29 bits per heavy atom. The number of fused-ring (bicyclic) bond motifs is 5. The van der Waals surface area contributed by atoms with Crippen molar-refractivity contribution in [2.45, 2.75) is 46.0 Å². The molecule has 4 rings (SSSR count). The van der Waals surface area contributed by atoms with Gasteiger partial charge in [0.15, 0.2) is 5.78 Å². The molecule has 2 N–H and O–H groups in total. The van der Waals surface area contributed by atoms with Gasteiger partial charge in [-0.1, -0.05) is 30.2 Å². The summed E-state index contributed by atoms with van der Waals surface area (Å²) in [7, 11) is 0. The van der Waals surface area contributed by atoms with Crippen LogP contribution in [0.3, 0.4) is 0 Å². The molecule has 0 bridgehead atoms. The highest BCUT2D eigenvalue weighted by Gasteiger charge is 2.54. The van der Waals surface area contributed by atoms with Gasteiger partial charge in [0.1, 0.15) is 12.4 Å². The van der Waals surface area contributed by atoms with Gasteiger partial charge in [-0.15, -0.1) is 0 Å². The lowest BCUT2D eigenvalue weighted by Gasteiger charge is -2.51. The molecule has 4 atom stereocenters. The van der Waals surface area contributed by atoms with Gasteiger partial charge >= 0.3 is 0 Å². The van der Waals surface area contributed by atoms with Crippen LogP contribution < -0.4 is 0 Å². The van der Waals surface area contributed by atoms with Gasteiger partial charge in [0, 0.05) is 5.41 Å². The minimum Gasteiger partial charge on any atom is -0.510 e. The smallest absolute Gasteiger partial charge is 0.178 e. The Labute approximate surface area is 143 Å². The third-order valence-electron chi connectivity index (χ3n) is 7.23. The maximum Gasteiger partial charge on any atom is 0.178 e. The summed E-state index contributed by atoms with van der Waals surface area (Å²) in [4.78, 5) is 11.8. The number of hydrogen-bond acceptors (Lipinski definition) is 3. The van der Waals surface area contributed by atoms with Crippen LogP contribution in [0, 0.1) is 22.7 Å². The Bertz CT molecular complexity index is 723. The highest BCUT2D eigenvalue weighted by Crippen LogP contribution is 2.63. The Balaban J connectivity index is 1.77. The standard InChI is InChI=1S/C21H26O3/c1-20-9-7-14(23)11-13(20)3-4-15-16-5-6-18(19(24)12-22)21(16,2)10-8-17(15)20/h7-9,11,15-16,22,24H,3-6,10,12H2,1-2H3/b19-18-/t15-,16-,20-,21-/m0/s1. The number of ketones is 1. The SMILES string of the molecule is C[C@]12C=CC(=O)C=C1CC[C@@H]1C2=CC[C@]2(C)/C(=C(\O)CO)CC[C@@H]12. The molecule has 0 heterocycles. The first-order valence-corrected chi connectivity index (χ1v) is 9.07. The maximum absolute atomic E-state index is 11.8. The van der Waals surface area contributed by atoms with Crippen LogP contribution in [0.4, 0.5) is 0 Å². The van der Waals surface area contributed by atoms with Crippen LogP contribution in [0.1, 0.15) is 46.0 Å². The predicted octanol–water partition coefficient (Wildman–Crippen LogP) is 4.02. The zero-order valence-electron chi connectivity index (χ0n) is 14.5. The first-order valence-electron chi connectivity index (χ1n) is 9.07. The zero-order valence-corrected chi connectivity index (χ0v) is 14.5. The normalized spacial score (nSPS) is 42.7. The average molecular weight is 326 g/mol. The van der Waals surface area contributed by atoms with E-state index < -0.39 is 0 Å². The molecule has 24 heavy (non-hydrogen) atoms. The molecule has 128 valence electrons. The Morgan fingerprint density at radius 2 is 2.08 bits per heavy atom. The lowest BCUT2D eigenvalue weighted by molar-refractivity contribution is -0.110. The van der Waals surface area contributed by atoms with Crippen LogP contribution in [0.5, 0.6) is 0 Å². The second kappa shape index (κ2) is 5.19. The number of carbonyl (C=O) groups is 1. The minimum absolute atomic E-state index is 0.0350. The van der Waals surface area contributed by atoms with Gasteiger partial charge in [-0.25, -0.2) is 0 Å². The lowest BCUT2D eigenvalue weighted by Crippen LogP contribution is -2.42. The number of aliphatic hydroxyl groups excluding tert-OH is 2. The van der Waals surface area contributed by atoms with Crippen molar-refractivity contribution in [3.05, 3.63) is 46.8 Å². The Kier molecular flexibility index (Phi) is 3.44. The van der Waals surface area contributed by atoms with E-state index in [0.29, 0.717) is 11.8 Å². The van der Waals surface area contributed by atoms with Crippen molar-refractivity contribution in [1.29, 1.82) is 0 Å². The molecule has 3 nitrogen and oxygen atoms in total. The molecule has 0 aromatic heterocycles. The van der Waals surface area contributed by atoms with Gasteiger partial charge in [0.05, 0.1) is 0 Å². The van der Waals surface area contributed by atoms with Crippen molar-refractivity contribution >= 4 is 5.78 Å². The van der Waals surface area contributed by atoms with Crippen LogP contribution in [-0.2, 0) is 4.79 Å². The monoisotopic (exact) mass is 326 g/mol. The van der Waals surface area contributed by atoms with Gasteiger partial charge in [0.2, 0.25) is 0 Å².